The summed E-state index contributed by atoms with van der Waals surface area (Å²) in [5.41, 5.74) is 2.23. The van der Waals surface area contributed by atoms with E-state index in [4.69, 9.17) is 0 Å². The summed E-state index contributed by atoms with van der Waals surface area (Å²) >= 11 is 3.16. The molecule has 0 radical (unpaired) electrons. The zero-order chi connectivity index (χ0) is 16.2. The van der Waals surface area contributed by atoms with Crippen molar-refractivity contribution >= 4 is 29.0 Å². The maximum atomic E-state index is 12.3. The second-order valence-corrected chi connectivity index (χ2v) is 8.19. The van der Waals surface area contributed by atoms with E-state index in [1.807, 2.05) is 28.1 Å². The maximum absolute atomic E-state index is 12.3. The number of amides is 1. The minimum absolute atomic E-state index is 0.233. The van der Waals surface area contributed by atoms with E-state index < -0.39 is 0 Å². The first-order valence-electron chi connectivity index (χ1n) is 7.92. The molecule has 0 aliphatic carbocycles. The fourth-order valence-electron chi connectivity index (χ4n) is 2.81. The highest BCUT2D eigenvalue weighted by atomic mass is 32.2. The van der Waals surface area contributed by atoms with E-state index in [2.05, 4.69) is 23.2 Å². The van der Waals surface area contributed by atoms with Crippen LogP contribution in [-0.2, 0) is 11.3 Å². The van der Waals surface area contributed by atoms with Crippen molar-refractivity contribution in [1.29, 1.82) is 0 Å². The molecular formula is C16H22N4OS2. The molecule has 124 valence electrons. The molecule has 1 fully saturated rings. The van der Waals surface area contributed by atoms with E-state index in [0.29, 0.717) is 11.7 Å². The minimum atomic E-state index is 0.233. The van der Waals surface area contributed by atoms with Gasteiger partial charge in [0.1, 0.15) is 0 Å². The smallest absolute Gasteiger partial charge is 0.233 e. The average molecular weight is 351 g/mol. The summed E-state index contributed by atoms with van der Waals surface area (Å²) in [5, 5.41) is 6.38. The predicted octanol–water partition coefficient (Wildman–Crippen LogP) is 2.99. The van der Waals surface area contributed by atoms with Crippen molar-refractivity contribution in [3.8, 4) is 0 Å². The van der Waals surface area contributed by atoms with Gasteiger partial charge in [-0.2, -0.15) is 5.10 Å². The third-order valence-electron chi connectivity index (χ3n) is 4.09. The van der Waals surface area contributed by atoms with Crippen LogP contribution in [0.15, 0.2) is 22.1 Å². The zero-order valence-corrected chi connectivity index (χ0v) is 15.2. The molecule has 0 spiro atoms. The molecule has 7 heteroatoms. The summed E-state index contributed by atoms with van der Waals surface area (Å²) in [7, 11) is 0. The Morgan fingerprint density at radius 3 is 2.78 bits per heavy atom. The molecule has 2 aromatic heterocycles. The van der Waals surface area contributed by atoms with E-state index in [0.717, 1.165) is 42.5 Å². The standard InChI is InChI=1S/C16H22N4OS2/c1-12-7-17-20(8-12)9-14-3-5-19(6-4-14)15(21)11-23-16-18-13(2)10-22-16/h7-8,10,14H,3-6,9,11H2,1-2H3. The van der Waals surface area contributed by atoms with E-state index in [-0.39, 0.29) is 5.91 Å². The van der Waals surface area contributed by atoms with Crippen LogP contribution in [0.5, 0.6) is 0 Å². The fraction of sp³-hybridized carbons (Fsp3) is 0.562. The van der Waals surface area contributed by atoms with Crippen molar-refractivity contribution in [3.05, 3.63) is 29.0 Å². The van der Waals surface area contributed by atoms with Crippen LogP contribution in [0.3, 0.4) is 0 Å². The molecule has 3 heterocycles. The summed E-state index contributed by atoms with van der Waals surface area (Å²) in [6, 6.07) is 0. The zero-order valence-electron chi connectivity index (χ0n) is 13.6. The first kappa shape index (κ1) is 16.5. The van der Waals surface area contributed by atoms with Gasteiger partial charge in [0.25, 0.3) is 0 Å². The molecule has 0 aromatic carbocycles. The monoisotopic (exact) mass is 350 g/mol. The Hall–Kier alpha value is -1.34. The molecule has 1 amide bonds. The number of piperidine rings is 1. The largest absolute Gasteiger partial charge is 0.342 e. The number of aryl methyl sites for hydroxylation is 2. The summed E-state index contributed by atoms with van der Waals surface area (Å²) in [5.74, 6) is 1.35. The van der Waals surface area contributed by atoms with Gasteiger partial charge in [0.2, 0.25) is 5.91 Å². The Balaban J connectivity index is 1.42. The van der Waals surface area contributed by atoms with Gasteiger partial charge < -0.3 is 4.90 Å². The number of hydrogen-bond donors (Lipinski definition) is 0. The number of thiazole rings is 1. The quantitative estimate of drug-likeness (QED) is 0.778. The Labute approximate surface area is 145 Å². The summed E-state index contributed by atoms with van der Waals surface area (Å²) in [4.78, 5) is 18.7. The molecule has 0 unspecified atom stereocenters. The summed E-state index contributed by atoms with van der Waals surface area (Å²) in [6.45, 7) is 6.73. The van der Waals surface area contributed by atoms with Crippen LogP contribution < -0.4 is 0 Å². The van der Waals surface area contributed by atoms with Crippen LogP contribution in [0, 0.1) is 19.8 Å². The Kier molecular flexibility index (Phi) is 5.38. The van der Waals surface area contributed by atoms with Crippen LogP contribution >= 0.6 is 23.1 Å². The lowest BCUT2D eigenvalue weighted by molar-refractivity contribution is -0.129. The van der Waals surface area contributed by atoms with Crippen LogP contribution in [0.2, 0.25) is 0 Å². The number of thioether (sulfide) groups is 1. The highest BCUT2D eigenvalue weighted by Gasteiger charge is 2.23. The number of nitrogens with zero attached hydrogens (tertiary/aromatic N) is 4. The minimum Gasteiger partial charge on any atom is -0.342 e. The lowest BCUT2D eigenvalue weighted by atomic mass is 9.97. The van der Waals surface area contributed by atoms with Crippen molar-refractivity contribution in [3.63, 3.8) is 0 Å². The molecule has 0 N–H and O–H groups in total. The Bertz CT molecular complexity index is 659. The van der Waals surface area contributed by atoms with Gasteiger partial charge in [-0.15, -0.1) is 11.3 Å². The molecule has 0 bridgehead atoms. The van der Waals surface area contributed by atoms with Crippen LogP contribution in [-0.4, -0.2) is 44.4 Å². The van der Waals surface area contributed by atoms with E-state index in [9.17, 15) is 4.79 Å². The van der Waals surface area contributed by atoms with Crippen molar-refractivity contribution < 1.29 is 4.79 Å². The first-order chi connectivity index (χ1) is 11.1. The van der Waals surface area contributed by atoms with Gasteiger partial charge in [-0.1, -0.05) is 11.8 Å². The van der Waals surface area contributed by atoms with Crippen LogP contribution in [0.25, 0.3) is 0 Å². The molecule has 1 aliphatic rings. The summed E-state index contributed by atoms with van der Waals surface area (Å²) in [6.07, 6.45) is 6.11. The molecule has 1 aliphatic heterocycles. The second-order valence-electron chi connectivity index (χ2n) is 6.11. The predicted molar refractivity (Wildman–Crippen MR) is 93.8 cm³/mol. The van der Waals surface area contributed by atoms with Gasteiger partial charge >= 0.3 is 0 Å². The average Bonchev–Trinajstić information content (AvgIpc) is 3.14. The molecule has 5 nitrogen and oxygen atoms in total. The van der Waals surface area contributed by atoms with Gasteiger partial charge in [-0.05, 0) is 38.2 Å². The normalized spacial score (nSPS) is 16.0. The highest BCUT2D eigenvalue weighted by Crippen LogP contribution is 2.24. The number of carbonyl (C=O) groups excluding carboxylic acids is 1. The number of likely N-dealkylation sites (tertiary alicyclic amines) is 1. The molecule has 23 heavy (non-hydrogen) atoms. The maximum Gasteiger partial charge on any atom is 0.233 e. The molecule has 0 atom stereocenters. The van der Waals surface area contributed by atoms with Crippen molar-refractivity contribution in [1.82, 2.24) is 19.7 Å². The van der Waals surface area contributed by atoms with Crippen molar-refractivity contribution in [2.24, 2.45) is 5.92 Å². The highest BCUT2D eigenvalue weighted by molar-refractivity contribution is 8.01. The fourth-order valence-corrected chi connectivity index (χ4v) is 4.56. The van der Waals surface area contributed by atoms with Gasteiger partial charge in [0.05, 0.1) is 11.9 Å². The van der Waals surface area contributed by atoms with E-state index >= 15 is 0 Å². The second kappa shape index (κ2) is 7.49. The third kappa shape index (κ3) is 4.57. The molecule has 3 rings (SSSR count). The Morgan fingerprint density at radius 2 is 2.17 bits per heavy atom. The molecular weight excluding hydrogens is 328 g/mol. The lowest BCUT2D eigenvalue weighted by Crippen LogP contribution is -2.40. The van der Waals surface area contributed by atoms with Gasteiger partial charge in [-0.3, -0.25) is 9.48 Å². The topological polar surface area (TPSA) is 51.0 Å². The van der Waals surface area contributed by atoms with Crippen LogP contribution in [0.1, 0.15) is 24.1 Å². The van der Waals surface area contributed by atoms with Crippen LogP contribution in [0.4, 0.5) is 0 Å². The van der Waals surface area contributed by atoms with Gasteiger partial charge in [-0.25, -0.2) is 4.98 Å². The SMILES string of the molecule is Cc1cnn(CC2CCN(C(=O)CSc3nc(C)cs3)CC2)c1. The third-order valence-corrected chi connectivity index (χ3v) is 6.22. The number of carbonyl (C=O) groups is 1. The molecule has 1 saturated heterocycles. The first-order valence-corrected chi connectivity index (χ1v) is 9.78. The Morgan fingerprint density at radius 1 is 1.39 bits per heavy atom. The number of hydrogen-bond acceptors (Lipinski definition) is 5. The van der Waals surface area contributed by atoms with Gasteiger partial charge in [0, 0.05) is 36.9 Å². The lowest BCUT2D eigenvalue weighted by Gasteiger charge is -2.31. The van der Waals surface area contributed by atoms with E-state index in [1.54, 1.807) is 23.1 Å². The molecule has 2 aromatic rings. The number of aromatic nitrogens is 3. The van der Waals surface area contributed by atoms with E-state index in [1.165, 1.54) is 5.56 Å². The number of rotatable bonds is 5. The van der Waals surface area contributed by atoms with Crippen molar-refractivity contribution in [2.45, 2.75) is 37.6 Å². The molecule has 0 saturated carbocycles. The van der Waals surface area contributed by atoms with Gasteiger partial charge in [0.15, 0.2) is 4.34 Å². The van der Waals surface area contributed by atoms with Crippen molar-refractivity contribution in [2.75, 3.05) is 18.8 Å². The summed E-state index contributed by atoms with van der Waals surface area (Å²) < 4.78 is 3.01.